The maximum atomic E-state index is 12.8. The molecular formula is C13H7ClF2N4O2. The molecule has 0 saturated carbocycles. The molecule has 0 aromatic carbocycles. The highest BCUT2D eigenvalue weighted by Gasteiger charge is 2.15. The number of carboxylic acids is 1. The third-order valence-electron chi connectivity index (χ3n) is 2.92. The fourth-order valence-electron chi connectivity index (χ4n) is 1.96. The number of hydrogen-bond acceptors (Lipinski definition) is 4. The van der Waals surface area contributed by atoms with Crippen LogP contribution in [-0.2, 0) is 0 Å². The van der Waals surface area contributed by atoms with Gasteiger partial charge in [0.05, 0.1) is 11.9 Å². The minimum Gasteiger partial charge on any atom is -0.477 e. The van der Waals surface area contributed by atoms with Gasteiger partial charge in [0.1, 0.15) is 10.8 Å². The van der Waals surface area contributed by atoms with Gasteiger partial charge in [0, 0.05) is 5.56 Å². The van der Waals surface area contributed by atoms with E-state index in [4.69, 9.17) is 16.7 Å². The molecule has 3 aromatic rings. The molecule has 0 bridgehead atoms. The minimum atomic E-state index is -2.73. The summed E-state index contributed by atoms with van der Waals surface area (Å²) >= 11 is 5.80. The average molecular weight is 325 g/mol. The Morgan fingerprint density at radius 1 is 1.32 bits per heavy atom. The quantitative estimate of drug-likeness (QED) is 0.749. The van der Waals surface area contributed by atoms with Gasteiger partial charge >= 0.3 is 5.97 Å². The summed E-state index contributed by atoms with van der Waals surface area (Å²) in [5.74, 6) is -1.25. The summed E-state index contributed by atoms with van der Waals surface area (Å²) in [7, 11) is 0. The van der Waals surface area contributed by atoms with Gasteiger partial charge in [0.2, 0.25) is 0 Å². The zero-order valence-corrected chi connectivity index (χ0v) is 11.5. The largest absolute Gasteiger partial charge is 0.477 e. The Morgan fingerprint density at radius 2 is 2.09 bits per heavy atom. The standard InChI is InChI=1S/C13H7ClF2N4O2/c14-10-4-6(3-8(18-10)13(21)22)9-5-17-11-2-1-7(12(15)16)19-20(9)11/h1-5,12H,(H,21,22). The van der Waals surface area contributed by atoms with Crippen LogP contribution in [0.15, 0.2) is 30.5 Å². The molecule has 0 saturated heterocycles. The normalized spacial score (nSPS) is 11.3. The molecule has 0 unspecified atom stereocenters. The van der Waals surface area contributed by atoms with Gasteiger partial charge in [-0.1, -0.05) is 11.6 Å². The lowest BCUT2D eigenvalue weighted by molar-refractivity contribution is 0.0690. The summed E-state index contributed by atoms with van der Waals surface area (Å²) in [6.07, 6.45) is -1.33. The fourth-order valence-corrected chi connectivity index (χ4v) is 2.16. The lowest BCUT2D eigenvalue weighted by Gasteiger charge is -2.05. The number of nitrogens with zero attached hydrogens (tertiary/aromatic N) is 4. The van der Waals surface area contributed by atoms with E-state index in [2.05, 4.69) is 15.1 Å². The smallest absolute Gasteiger partial charge is 0.354 e. The summed E-state index contributed by atoms with van der Waals surface area (Å²) in [5.41, 5.74) is 0.380. The first-order chi connectivity index (χ1) is 10.5. The zero-order valence-electron chi connectivity index (χ0n) is 10.7. The van der Waals surface area contributed by atoms with Crippen LogP contribution in [0.3, 0.4) is 0 Å². The highest BCUT2D eigenvalue weighted by Crippen LogP contribution is 2.25. The summed E-state index contributed by atoms with van der Waals surface area (Å²) < 4.78 is 26.7. The van der Waals surface area contributed by atoms with Crippen LogP contribution in [-0.4, -0.2) is 30.7 Å². The van der Waals surface area contributed by atoms with E-state index < -0.39 is 18.1 Å². The van der Waals surface area contributed by atoms with Crippen LogP contribution < -0.4 is 0 Å². The van der Waals surface area contributed by atoms with Crippen LogP contribution >= 0.6 is 11.6 Å². The van der Waals surface area contributed by atoms with Crippen molar-refractivity contribution in [1.82, 2.24) is 19.6 Å². The predicted octanol–water partition coefficient (Wildman–Crippen LogP) is 3.08. The van der Waals surface area contributed by atoms with Crippen LogP contribution in [0.4, 0.5) is 8.78 Å². The first-order valence-electron chi connectivity index (χ1n) is 6.00. The average Bonchev–Trinajstić information content (AvgIpc) is 2.89. The predicted molar refractivity (Wildman–Crippen MR) is 73.1 cm³/mol. The molecule has 0 radical (unpaired) electrons. The van der Waals surface area contributed by atoms with Crippen LogP contribution in [0.1, 0.15) is 22.6 Å². The number of aromatic carboxylic acids is 1. The van der Waals surface area contributed by atoms with Crippen molar-refractivity contribution in [1.29, 1.82) is 0 Å². The molecule has 0 amide bonds. The molecule has 3 heterocycles. The molecular weight excluding hydrogens is 318 g/mol. The molecule has 3 aromatic heterocycles. The van der Waals surface area contributed by atoms with Gasteiger partial charge in [-0.05, 0) is 24.3 Å². The molecule has 0 aliphatic carbocycles. The summed E-state index contributed by atoms with van der Waals surface area (Å²) in [6.45, 7) is 0. The van der Waals surface area contributed by atoms with Crippen molar-refractivity contribution in [3.63, 3.8) is 0 Å². The fraction of sp³-hybridized carbons (Fsp3) is 0.0769. The van der Waals surface area contributed by atoms with Crippen molar-refractivity contribution in [3.8, 4) is 11.3 Å². The number of aromatic nitrogens is 4. The SMILES string of the molecule is O=C(O)c1cc(-c2cnc3ccc(C(F)F)nn23)cc(Cl)n1. The molecule has 0 spiro atoms. The van der Waals surface area contributed by atoms with Gasteiger partial charge in [0.15, 0.2) is 11.3 Å². The number of fused-ring (bicyclic) bond motifs is 1. The Labute approximate surface area is 127 Å². The lowest BCUT2D eigenvalue weighted by Crippen LogP contribution is -2.03. The van der Waals surface area contributed by atoms with Gasteiger partial charge in [0.25, 0.3) is 6.43 Å². The number of hydrogen-bond donors (Lipinski definition) is 1. The zero-order chi connectivity index (χ0) is 15.9. The monoisotopic (exact) mass is 324 g/mol. The van der Waals surface area contributed by atoms with Gasteiger partial charge < -0.3 is 5.11 Å². The Balaban J connectivity index is 2.21. The second kappa shape index (κ2) is 5.30. The van der Waals surface area contributed by atoms with Crippen molar-refractivity contribution in [2.24, 2.45) is 0 Å². The minimum absolute atomic E-state index is 0.0325. The number of carboxylic acid groups (broad SMARTS) is 1. The number of carbonyl (C=O) groups is 1. The Hall–Kier alpha value is -2.61. The molecule has 0 aliphatic rings. The maximum absolute atomic E-state index is 12.8. The summed E-state index contributed by atoms with van der Waals surface area (Å²) in [6, 6.07) is 5.26. The van der Waals surface area contributed by atoms with E-state index in [-0.39, 0.29) is 10.8 Å². The number of rotatable bonds is 3. The Kier molecular flexibility index (Phi) is 3.45. The van der Waals surface area contributed by atoms with E-state index in [1.54, 1.807) is 0 Å². The molecule has 1 N–H and O–H groups in total. The van der Waals surface area contributed by atoms with Crippen LogP contribution in [0.5, 0.6) is 0 Å². The summed E-state index contributed by atoms with van der Waals surface area (Å²) in [5, 5.41) is 12.8. The first-order valence-corrected chi connectivity index (χ1v) is 6.37. The third-order valence-corrected chi connectivity index (χ3v) is 3.11. The first kappa shape index (κ1) is 14.3. The lowest BCUT2D eigenvalue weighted by atomic mass is 10.2. The number of alkyl halides is 2. The van der Waals surface area contributed by atoms with Gasteiger partial charge in [-0.3, -0.25) is 0 Å². The second-order valence-electron chi connectivity index (χ2n) is 4.34. The molecule has 0 atom stereocenters. The molecule has 22 heavy (non-hydrogen) atoms. The van der Waals surface area contributed by atoms with Crippen molar-refractivity contribution in [2.75, 3.05) is 0 Å². The van der Waals surface area contributed by atoms with E-state index in [0.717, 1.165) is 0 Å². The van der Waals surface area contributed by atoms with Gasteiger partial charge in [-0.15, -0.1) is 0 Å². The van der Waals surface area contributed by atoms with E-state index in [1.165, 1.54) is 35.0 Å². The van der Waals surface area contributed by atoms with Gasteiger partial charge in [-0.2, -0.15) is 5.10 Å². The molecule has 0 aliphatic heterocycles. The summed E-state index contributed by atoms with van der Waals surface area (Å²) in [4.78, 5) is 18.7. The van der Waals surface area contributed by atoms with Crippen LogP contribution in [0.25, 0.3) is 16.9 Å². The van der Waals surface area contributed by atoms with Crippen LogP contribution in [0.2, 0.25) is 5.15 Å². The Bertz CT molecular complexity index is 882. The Morgan fingerprint density at radius 3 is 2.77 bits per heavy atom. The second-order valence-corrected chi connectivity index (χ2v) is 4.73. The van der Waals surface area contributed by atoms with Crippen molar-refractivity contribution in [2.45, 2.75) is 6.43 Å². The number of imidazole rings is 1. The van der Waals surface area contributed by atoms with Crippen LogP contribution in [0, 0.1) is 0 Å². The maximum Gasteiger partial charge on any atom is 0.354 e. The third kappa shape index (κ3) is 2.48. The molecule has 6 nitrogen and oxygen atoms in total. The van der Waals surface area contributed by atoms with E-state index in [1.807, 2.05) is 0 Å². The molecule has 112 valence electrons. The van der Waals surface area contributed by atoms with Crippen molar-refractivity contribution in [3.05, 3.63) is 47.0 Å². The van der Waals surface area contributed by atoms with Crippen molar-refractivity contribution >= 4 is 23.2 Å². The molecule has 3 rings (SSSR count). The number of pyridine rings is 1. The van der Waals surface area contributed by atoms with Crippen molar-refractivity contribution < 1.29 is 18.7 Å². The van der Waals surface area contributed by atoms with Gasteiger partial charge in [-0.25, -0.2) is 28.1 Å². The highest BCUT2D eigenvalue weighted by atomic mass is 35.5. The highest BCUT2D eigenvalue weighted by molar-refractivity contribution is 6.29. The molecule has 9 heteroatoms. The molecule has 0 fully saturated rings. The van der Waals surface area contributed by atoms with E-state index in [9.17, 15) is 13.6 Å². The van der Waals surface area contributed by atoms with E-state index >= 15 is 0 Å². The number of halogens is 3. The topological polar surface area (TPSA) is 80.4 Å². The van der Waals surface area contributed by atoms with E-state index in [0.29, 0.717) is 16.9 Å².